The number of nitrogens with two attached hydrogens (primary N) is 1. The molecule has 2 N–H and O–H groups in total. The van der Waals surface area contributed by atoms with Crippen LogP contribution in [-0.4, -0.2) is 19.5 Å². The summed E-state index contributed by atoms with van der Waals surface area (Å²) in [6, 6.07) is 5.58. The molecule has 0 atom stereocenters. The first-order valence-corrected chi connectivity index (χ1v) is 7.57. The van der Waals surface area contributed by atoms with Crippen molar-refractivity contribution in [3.05, 3.63) is 35.4 Å². The average molecular weight is 305 g/mol. The number of carbonyl (C=O) groups excluding carboxylic acids is 1. The highest BCUT2D eigenvalue weighted by atomic mass is 32.1. The average Bonchev–Trinajstić information content (AvgIpc) is 2.86. The molecule has 0 radical (unpaired) electrons. The first-order chi connectivity index (χ1) is 10.0. The Morgan fingerprint density at radius 2 is 2.10 bits per heavy atom. The van der Waals surface area contributed by atoms with E-state index in [1.165, 1.54) is 11.3 Å². The van der Waals surface area contributed by atoms with E-state index in [4.69, 9.17) is 15.2 Å². The molecule has 0 aliphatic rings. The summed E-state index contributed by atoms with van der Waals surface area (Å²) in [4.78, 5) is 12.9. The number of hydrogen-bond acceptors (Lipinski definition) is 5. The zero-order valence-corrected chi connectivity index (χ0v) is 13.1. The van der Waals surface area contributed by atoms with Crippen molar-refractivity contribution in [3.8, 4) is 5.75 Å². The van der Waals surface area contributed by atoms with Gasteiger partial charge in [-0.1, -0.05) is 6.58 Å². The number of allylic oxidation sites excluding steroid dienone is 1. The van der Waals surface area contributed by atoms with E-state index < -0.39 is 0 Å². The Balaban J connectivity index is 2.15. The minimum absolute atomic E-state index is 0.0922. The van der Waals surface area contributed by atoms with Crippen molar-refractivity contribution in [1.82, 2.24) is 0 Å². The maximum absolute atomic E-state index is 12.2. The van der Waals surface area contributed by atoms with Gasteiger partial charge in [-0.2, -0.15) is 0 Å². The van der Waals surface area contributed by atoms with Gasteiger partial charge in [0, 0.05) is 23.6 Å². The lowest BCUT2D eigenvalue weighted by Crippen LogP contribution is -1.98. The van der Waals surface area contributed by atoms with E-state index in [-0.39, 0.29) is 5.78 Å². The fourth-order valence-corrected chi connectivity index (χ4v) is 3.09. The highest BCUT2D eigenvalue weighted by molar-refractivity contribution is 7.20. The van der Waals surface area contributed by atoms with Gasteiger partial charge >= 0.3 is 0 Å². The van der Waals surface area contributed by atoms with Crippen molar-refractivity contribution >= 4 is 32.9 Å². The molecule has 5 heteroatoms. The minimum atomic E-state index is 0.0922. The fourth-order valence-electron chi connectivity index (χ4n) is 2.05. The largest absolute Gasteiger partial charge is 0.499 e. The lowest BCUT2D eigenvalue weighted by atomic mass is 10.1. The predicted molar refractivity (Wildman–Crippen MR) is 87.1 cm³/mol. The number of rotatable bonds is 7. The van der Waals surface area contributed by atoms with Crippen LogP contribution in [0, 0.1) is 0 Å². The lowest BCUT2D eigenvalue weighted by Gasteiger charge is -2.04. The predicted octanol–water partition coefficient (Wildman–Crippen LogP) is 4.01. The van der Waals surface area contributed by atoms with Crippen LogP contribution in [0.3, 0.4) is 0 Å². The van der Waals surface area contributed by atoms with E-state index in [1.54, 1.807) is 7.11 Å². The number of anilines is 1. The number of ether oxygens (including phenoxy) is 2. The molecule has 1 aromatic heterocycles. The molecule has 0 unspecified atom stereocenters. The molecule has 0 saturated carbocycles. The van der Waals surface area contributed by atoms with Crippen LogP contribution in [0.1, 0.15) is 29.4 Å². The summed E-state index contributed by atoms with van der Waals surface area (Å²) in [5.41, 5.74) is 6.46. The van der Waals surface area contributed by atoms with Crippen molar-refractivity contribution in [2.45, 2.75) is 19.8 Å². The summed E-state index contributed by atoms with van der Waals surface area (Å²) in [6.07, 6.45) is 0.949. The van der Waals surface area contributed by atoms with E-state index in [0.717, 1.165) is 15.0 Å². The minimum Gasteiger partial charge on any atom is -0.499 e. The Hall–Kier alpha value is -2.01. The lowest BCUT2D eigenvalue weighted by molar-refractivity contribution is 0.0978. The van der Waals surface area contributed by atoms with Gasteiger partial charge in [-0.15, -0.1) is 11.3 Å². The third kappa shape index (κ3) is 3.55. The smallest absolute Gasteiger partial charge is 0.173 e. The van der Waals surface area contributed by atoms with Gasteiger partial charge in [-0.05, 0) is 24.4 Å². The Morgan fingerprint density at radius 1 is 1.33 bits per heavy atom. The van der Waals surface area contributed by atoms with Crippen LogP contribution in [0.25, 0.3) is 10.1 Å². The Morgan fingerprint density at radius 3 is 2.76 bits per heavy atom. The molecule has 21 heavy (non-hydrogen) atoms. The van der Waals surface area contributed by atoms with Crippen LogP contribution in [0.15, 0.2) is 30.5 Å². The number of carbonyl (C=O) groups is 1. The molecule has 0 saturated heterocycles. The molecule has 4 nitrogen and oxygen atoms in total. The van der Waals surface area contributed by atoms with Crippen molar-refractivity contribution < 1.29 is 14.3 Å². The standard InChI is InChI=1S/C16H19NO3S/c1-4-20-10(2)5-6-13(18)16-8-11-7-12(17)14(19-3)9-15(11)21-16/h7-9H,2,4-6,17H2,1,3H3. The second-order valence-corrected chi connectivity index (χ2v) is 5.72. The molecular formula is C16H19NO3S. The highest BCUT2D eigenvalue weighted by Crippen LogP contribution is 2.34. The van der Waals surface area contributed by atoms with Gasteiger partial charge in [0.1, 0.15) is 5.75 Å². The zero-order valence-electron chi connectivity index (χ0n) is 12.3. The number of thiophene rings is 1. The maximum atomic E-state index is 12.2. The quantitative estimate of drug-likeness (QED) is 0.477. The number of fused-ring (bicyclic) bond motifs is 1. The molecule has 0 aliphatic carbocycles. The summed E-state index contributed by atoms with van der Waals surface area (Å²) >= 11 is 1.45. The fraction of sp³-hybridized carbons (Fsp3) is 0.312. The van der Waals surface area contributed by atoms with Crippen LogP contribution >= 0.6 is 11.3 Å². The zero-order chi connectivity index (χ0) is 15.4. The highest BCUT2D eigenvalue weighted by Gasteiger charge is 2.13. The van der Waals surface area contributed by atoms with Gasteiger partial charge in [-0.3, -0.25) is 4.79 Å². The van der Waals surface area contributed by atoms with Crippen LogP contribution in [-0.2, 0) is 4.74 Å². The van der Waals surface area contributed by atoms with Crippen molar-refractivity contribution in [2.75, 3.05) is 19.5 Å². The molecule has 0 bridgehead atoms. The third-order valence-corrected chi connectivity index (χ3v) is 4.26. The van der Waals surface area contributed by atoms with Gasteiger partial charge in [0.05, 0.1) is 30.0 Å². The van der Waals surface area contributed by atoms with E-state index in [1.807, 2.05) is 25.1 Å². The van der Waals surface area contributed by atoms with Crippen molar-refractivity contribution in [3.63, 3.8) is 0 Å². The summed E-state index contributed by atoms with van der Waals surface area (Å²) in [5, 5.41) is 0.963. The normalized spacial score (nSPS) is 10.6. The summed E-state index contributed by atoms with van der Waals surface area (Å²) < 4.78 is 11.4. The SMILES string of the molecule is C=C(CCC(=O)c1cc2cc(N)c(OC)cc2s1)OCC. The number of methoxy groups -OCH3 is 1. The number of ketones is 1. The van der Waals surface area contributed by atoms with Gasteiger partial charge < -0.3 is 15.2 Å². The molecule has 0 amide bonds. The van der Waals surface area contributed by atoms with Crippen molar-refractivity contribution in [2.24, 2.45) is 0 Å². The topological polar surface area (TPSA) is 61.6 Å². The molecule has 1 heterocycles. The molecule has 0 aliphatic heterocycles. The third-order valence-electron chi connectivity index (χ3n) is 3.12. The van der Waals surface area contributed by atoms with E-state index in [9.17, 15) is 4.79 Å². The Kier molecular flexibility index (Phi) is 4.85. The Bertz CT molecular complexity index is 675. The second-order valence-electron chi connectivity index (χ2n) is 4.64. The van der Waals surface area contributed by atoms with Crippen LogP contribution < -0.4 is 10.5 Å². The van der Waals surface area contributed by atoms with Gasteiger partial charge in [-0.25, -0.2) is 0 Å². The van der Waals surface area contributed by atoms with E-state index in [0.29, 0.717) is 36.6 Å². The number of Topliss-reactive ketones (excluding diaryl/α,β-unsaturated/α-hetero) is 1. The molecule has 112 valence electrons. The van der Waals surface area contributed by atoms with E-state index in [2.05, 4.69) is 6.58 Å². The molecule has 2 aromatic rings. The number of benzene rings is 1. The molecular weight excluding hydrogens is 286 g/mol. The van der Waals surface area contributed by atoms with Gasteiger partial charge in [0.25, 0.3) is 0 Å². The van der Waals surface area contributed by atoms with Crippen LogP contribution in [0.5, 0.6) is 5.75 Å². The molecule has 1 aromatic carbocycles. The number of hydrogen-bond donors (Lipinski definition) is 1. The monoisotopic (exact) mass is 305 g/mol. The number of nitrogen functional groups attached to an aromatic ring is 1. The first kappa shape index (κ1) is 15.4. The molecule has 0 spiro atoms. The van der Waals surface area contributed by atoms with E-state index >= 15 is 0 Å². The molecule has 0 fully saturated rings. The maximum Gasteiger partial charge on any atom is 0.173 e. The van der Waals surface area contributed by atoms with Crippen LogP contribution in [0.2, 0.25) is 0 Å². The van der Waals surface area contributed by atoms with Crippen LogP contribution in [0.4, 0.5) is 5.69 Å². The van der Waals surface area contributed by atoms with Gasteiger partial charge in [0.15, 0.2) is 5.78 Å². The van der Waals surface area contributed by atoms with Crippen molar-refractivity contribution in [1.29, 1.82) is 0 Å². The Labute approximate surface area is 128 Å². The summed E-state index contributed by atoms with van der Waals surface area (Å²) in [6.45, 7) is 6.26. The molecule has 2 rings (SSSR count). The first-order valence-electron chi connectivity index (χ1n) is 6.76. The summed E-state index contributed by atoms with van der Waals surface area (Å²) in [5.74, 6) is 1.38. The summed E-state index contributed by atoms with van der Waals surface area (Å²) in [7, 11) is 1.58. The second kappa shape index (κ2) is 6.63. The van der Waals surface area contributed by atoms with Gasteiger partial charge in [0.2, 0.25) is 0 Å².